The molecule has 5 heteroatoms. The number of fused-ring (bicyclic) bond motifs is 1. The second kappa shape index (κ2) is 5.39. The highest BCUT2D eigenvalue weighted by Crippen LogP contribution is 2.36. The van der Waals surface area contributed by atoms with Crippen LogP contribution in [0, 0.1) is 0 Å². The smallest absolute Gasteiger partial charge is 0.167 e. The molecule has 0 amide bonds. The molecule has 4 nitrogen and oxygen atoms in total. The first kappa shape index (κ1) is 12.8. The van der Waals surface area contributed by atoms with Crippen LogP contribution in [0.15, 0.2) is 12.1 Å². The number of carbonyl (C=O) groups is 1. The topological polar surface area (TPSA) is 44.8 Å². The molecule has 0 radical (unpaired) electrons. The summed E-state index contributed by atoms with van der Waals surface area (Å²) in [4.78, 5) is 12.2. The number of benzene rings is 1. The van der Waals surface area contributed by atoms with Crippen molar-refractivity contribution in [3.8, 4) is 11.5 Å². The summed E-state index contributed by atoms with van der Waals surface area (Å²) in [6, 6.07) is 3.33. The Morgan fingerprint density at radius 1 is 1.21 bits per heavy atom. The van der Waals surface area contributed by atoms with Crippen molar-refractivity contribution in [2.45, 2.75) is 25.4 Å². The van der Waals surface area contributed by atoms with Crippen LogP contribution in [0.1, 0.15) is 29.6 Å². The van der Waals surface area contributed by atoms with Crippen LogP contribution in [0.2, 0.25) is 5.02 Å². The Bertz CT molecular complexity index is 494. The van der Waals surface area contributed by atoms with Crippen molar-refractivity contribution in [3.05, 3.63) is 22.7 Å². The highest BCUT2D eigenvalue weighted by Gasteiger charge is 2.23. The summed E-state index contributed by atoms with van der Waals surface area (Å²) in [6.45, 7) is 1.74. The molecule has 0 N–H and O–H groups in total. The minimum absolute atomic E-state index is 0.00567. The Kier molecular flexibility index (Phi) is 3.62. The summed E-state index contributed by atoms with van der Waals surface area (Å²) in [6.07, 6.45) is 2.36. The van der Waals surface area contributed by atoms with E-state index in [2.05, 4.69) is 0 Å². The maximum atomic E-state index is 12.2. The fraction of sp³-hybridized carbons (Fsp3) is 0.500. The third-order valence-electron chi connectivity index (χ3n) is 3.37. The second-order valence-electron chi connectivity index (χ2n) is 4.74. The van der Waals surface area contributed by atoms with E-state index in [1.807, 2.05) is 0 Å². The van der Waals surface area contributed by atoms with Gasteiger partial charge in [-0.15, -0.1) is 0 Å². The number of hydrogen-bond donors (Lipinski definition) is 0. The molecule has 102 valence electrons. The van der Waals surface area contributed by atoms with Crippen LogP contribution < -0.4 is 9.47 Å². The quantitative estimate of drug-likeness (QED) is 0.800. The lowest BCUT2D eigenvalue weighted by atomic mass is 10.0. The van der Waals surface area contributed by atoms with Gasteiger partial charge in [-0.3, -0.25) is 4.79 Å². The zero-order chi connectivity index (χ0) is 13.2. The SMILES string of the molecule is O=C(CC1CCCO1)c1cc2c(cc1Cl)OCCO2. The molecule has 0 spiro atoms. The van der Waals surface area contributed by atoms with Crippen molar-refractivity contribution in [2.24, 2.45) is 0 Å². The van der Waals surface area contributed by atoms with Gasteiger partial charge in [0.2, 0.25) is 0 Å². The molecule has 1 atom stereocenters. The molecule has 3 rings (SSSR count). The first-order valence-electron chi connectivity index (χ1n) is 6.48. The van der Waals surface area contributed by atoms with Gasteiger partial charge in [0.05, 0.1) is 11.1 Å². The molecule has 1 saturated heterocycles. The normalized spacial score (nSPS) is 21.4. The molecule has 0 aliphatic carbocycles. The lowest BCUT2D eigenvalue weighted by molar-refractivity contribution is 0.0775. The van der Waals surface area contributed by atoms with E-state index in [1.54, 1.807) is 12.1 Å². The molecule has 1 unspecified atom stereocenters. The number of rotatable bonds is 3. The van der Waals surface area contributed by atoms with Crippen LogP contribution in [0.5, 0.6) is 11.5 Å². The van der Waals surface area contributed by atoms with Crippen molar-refractivity contribution in [1.29, 1.82) is 0 Å². The molecule has 0 aromatic heterocycles. The van der Waals surface area contributed by atoms with Gasteiger partial charge < -0.3 is 14.2 Å². The number of hydrogen-bond acceptors (Lipinski definition) is 4. The Labute approximate surface area is 116 Å². The van der Waals surface area contributed by atoms with Gasteiger partial charge in [-0.05, 0) is 18.9 Å². The number of ketones is 1. The lowest BCUT2D eigenvalue weighted by Crippen LogP contribution is -2.17. The highest BCUT2D eigenvalue weighted by atomic mass is 35.5. The third-order valence-corrected chi connectivity index (χ3v) is 3.68. The predicted molar refractivity (Wildman–Crippen MR) is 70.4 cm³/mol. The maximum Gasteiger partial charge on any atom is 0.167 e. The lowest BCUT2D eigenvalue weighted by Gasteiger charge is -2.19. The molecular formula is C14H15ClO4. The number of carbonyl (C=O) groups excluding carboxylic acids is 1. The van der Waals surface area contributed by atoms with E-state index < -0.39 is 0 Å². The van der Waals surface area contributed by atoms with Gasteiger partial charge in [0.1, 0.15) is 13.2 Å². The molecule has 2 heterocycles. The molecule has 1 fully saturated rings. The molecule has 1 aromatic rings. The molecule has 0 bridgehead atoms. The van der Waals surface area contributed by atoms with Crippen LogP contribution in [0.3, 0.4) is 0 Å². The van der Waals surface area contributed by atoms with Crippen molar-refractivity contribution in [2.75, 3.05) is 19.8 Å². The zero-order valence-corrected chi connectivity index (χ0v) is 11.2. The van der Waals surface area contributed by atoms with Crippen molar-refractivity contribution < 1.29 is 19.0 Å². The largest absolute Gasteiger partial charge is 0.486 e. The Morgan fingerprint density at radius 2 is 1.95 bits per heavy atom. The number of ether oxygens (including phenoxy) is 3. The number of Topliss-reactive ketones (excluding diaryl/α,β-unsaturated/α-hetero) is 1. The summed E-state index contributed by atoms with van der Waals surface area (Å²) in [5, 5.41) is 0.409. The average molecular weight is 283 g/mol. The molecule has 2 aliphatic heterocycles. The standard InChI is InChI=1S/C14H15ClO4/c15-11-8-14-13(18-4-5-19-14)7-10(11)12(16)6-9-2-1-3-17-9/h7-9H,1-6H2. The van der Waals surface area contributed by atoms with E-state index in [0.717, 1.165) is 19.4 Å². The van der Waals surface area contributed by atoms with Crippen molar-refractivity contribution >= 4 is 17.4 Å². The molecule has 19 heavy (non-hydrogen) atoms. The minimum atomic E-state index is -0.00567. The Hall–Kier alpha value is -1.26. The van der Waals surface area contributed by atoms with E-state index in [0.29, 0.717) is 41.7 Å². The van der Waals surface area contributed by atoms with Crippen molar-refractivity contribution in [3.63, 3.8) is 0 Å². The fourth-order valence-corrected chi connectivity index (χ4v) is 2.66. The summed E-state index contributed by atoms with van der Waals surface area (Å²) in [5.41, 5.74) is 0.487. The average Bonchev–Trinajstić information content (AvgIpc) is 2.90. The van der Waals surface area contributed by atoms with Crippen LogP contribution in [0.25, 0.3) is 0 Å². The van der Waals surface area contributed by atoms with Gasteiger partial charge in [0.15, 0.2) is 17.3 Å². The Balaban J connectivity index is 1.81. The van der Waals surface area contributed by atoms with Gasteiger partial charge in [0.25, 0.3) is 0 Å². The minimum Gasteiger partial charge on any atom is -0.486 e. The first-order chi connectivity index (χ1) is 9.24. The van der Waals surface area contributed by atoms with E-state index in [1.165, 1.54) is 0 Å². The monoisotopic (exact) mass is 282 g/mol. The summed E-state index contributed by atoms with van der Waals surface area (Å²) < 4.78 is 16.4. The third kappa shape index (κ3) is 2.69. The van der Waals surface area contributed by atoms with Gasteiger partial charge in [-0.2, -0.15) is 0 Å². The maximum absolute atomic E-state index is 12.2. The summed E-state index contributed by atoms with van der Waals surface area (Å²) in [7, 11) is 0. The van der Waals surface area contributed by atoms with Crippen molar-refractivity contribution in [1.82, 2.24) is 0 Å². The van der Waals surface area contributed by atoms with Crippen LogP contribution >= 0.6 is 11.6 Å². The van der Waals surface area contributed by atoms with Gasteiger partial charge in [0, 0.05) is 24.7 Å². The molecule has 1 aromatic carbocycles. The molecule has 2 aliphatic rings. The summed E-state index contributed by atoms with van der Waals surface area (Å²) >= 11 is 6.14. The predicted octanol–water partition coefficient (Wildman–Crippen LogP) is 2.86. The zero-order valence-electron chi connectivity index (χ0n) is 10.5. The van der Waals surface area contributed by atoms with Gasteiger partial charge in [-0.25, -0.2) is 0 Å². The van der Waals surface area contributed by atoms with Crippen LogP contribution in [-0.4, -0.2) is 31.7 Å². The fourth-order valence-electron chi connectivity index (χ4n) is 2.40. The first-order valence-corrected chi connectivity index (χ1v) is 6.86. The van der Waals surface area contributed by atoms with E-state index in [-0.39, 0.29) is 11.9 Å². The van der Waals surface area contributed by atoms with Gasteiger partial charge >= 0.3 is 0 Å². The van der Waals surface area contributed by atoms with E-state index in [4.69, 9.17) is 25.8 Å². The second-order valence-corrected chi connectivity index (χ2v) is 5.15. The molecular weight excluding hydrogens is 268 g/mol. The van der Waals surface area contributed by atoms with E-state index in [9.17, 15) is 4.79 Å². The molecule has 0 saturated carbocycles. The van der Waals surface area contributed by atoms with Crippen LogP contribution in [-0.2, 0) is 4.74 Å². The summed E-state index contributed by atoms with van der Waals surface area (Å²) in [5.74, 6) is 1.19. The van der Waals surface area contributed by atoms with E-state index >= 15 is 0 Å². The van der Waals surface area contributed by atoms with Crippen LogP contribution in [0.4, 0.5) is 0 Å². The highest BCUT2D eigenvalue weighted by molar-refractivity contribution is 6.34. The Morgan fingerprint density at radius 3 is 2.63 bits per heavy atom. The number of halogens is 1. The van der Waals surface area contributed by atoms with Gasteiger partial charge in [-0.1, -0.05) is 11.6 Å².